The van der Waals surface area contributed by atoms with Crippen LogP contribution in [-0.4, -0.2) is 22.3 Å². The van der Waals surface area contributed by atoms with E-state index in [1.165, 1.54) is 5.56 Å². The summed E-state index contributed by atoms with van der Waals surface area (Å²) in [6, 6.07) is 10.3. The summed E-state index contributed by atoms with van der Waals surface area (Å²) in [6.07, 6.45) is 2.24. The molecule has 0 spiro atoms. The largest absolute Gasteiger partial charge is 0.370 e. The lowest BCUT2D eigenvalue weighted by atomic mass is 9.69. The molecule has 1 aromatic carbocycles. The van der Waals surface area contributed by atoms with Crippen LogP contribution in [0.4, 0.5) is 0 Å². The standard InChI is InChI=1S/C14H19N3O/c1-13-7-11(10-5-3-2-4-6-10)8-14(18,9-13)17-12(15)16-13/h2-6,11,18H,7-9H2,1H3,(H3,15,16,17). The summed E-state index contributed by atoms with van der Waals surface area (Å²) in [5.41, 5.74) is 5.84. The smallest absolute Gasteiger partial charge is 0.191 e. The van der Waals surface area contributed by atoms with Crippen LogP contribution in [0.25, 0.3) is 0 Å². The lowest BCUT2D eigenvalue weighted by Crippen LogP contribution is -2.61. The maximum absolute atomic E-state index is 10.6. The van der Waals surface area contributed by atoms with Crippen LogP contribution in [-0.2, 0) is 0 Å². The van der Waals surface area contributed by atoms with Crippen LogP contribution in [0.1, 0.15) is 37.7 Å². The Kier molecular flexibility index (Phi) is 2.38. The number of fused-ring (bicyclic) bond motifs is 2. The van der Waals surface area contributed by atoms with Gasteiger partial charge in [-0.05, 0) is 24.8 Å². The molecular formula is C14H19N3O. The number of aliphatic imine (C=N–C) groups is 1. The Morgan fingerprint density at radius 2 is 2.06 bits per heavy atom. The Labute approximate surface area is 107 Å². The first-order valence-corrected chi connectivity index (χ1v) is 6.39. The van der Waals surface area contributed by atoms with E-state index >= 15 is 0 Å². The van der Waals surface area contributed by atoms with Crippen LogP contribution >= 0.6 is 0 Å². The molecule has 18 heavy (non-hydrogen) atoms. The third-order valence-electron chi connectivity index (χ3n) is 3.97. The third kappa shape index (κ3) is 1.97. The molecule has 3 unspecified atom stereocenters. The Bertz CT molecular complexity index is 487. The number of guanidine groups is 1. The maximum atomic E-state index is 10.6. The van der Waals surface area contributed by atoms with Crippen molar-refractivity contribution in [3.63, 3.8) is 0 Å². The molecule has 0 radical (unpaired) electrons. The Hall–Kier alpha value is -1.55. The highest BCUT2D eigenvalue weighted by Crippen LogP contribution is 2.45. The van der Waals surface area contributed by atoms with Crippen molar-refractivity contribution in [3.8, 4) is 0 Å². The number of nitrogens with zero attached hydrogens (tertiary/aromatic N) is 1. The topological polar surface area (TPSA) is 70.6 Å². The molecule has 2 aliphatic rings. The van der Waals surface area contributed by atoms with Gasteiger partial charge in [0.05, 0.1) is 0 Å². The van der Waals surface area contributed by atoms with Gasteiger partial charge in [0.1, 0.15) is 0 Å². The van der Waals surface area contributed by atoms with E-state index in [0.29, 0.717) is 24.7 Å². The zero-order valence-corrected chi connectivity index (χ0v) is 10.6. The van der Waals surface area contributed by atoms with Crippen molar-refractivity contribution in [2.75, 3.05) is 0 Å². The zero-order chi connectivity index (χ0) is 12.8. The highest BCUT2D eigenvalue weighted by Gasteiger charge is 2.48. The fourth-order valence-corrected chi connectivity index (χ4v) is 3.48. The van der Waals surface area contributed by atoms with Crippen molar-refractivity contribution in [2.24, 2.45) is 10.7 Å². The first kappa shape index (κ1) is 11.5. The van der Waals surface area contributed by atoms with Gasteiger partial charge < -0.3 is 16.2 Å². The lowest BCUT2D eigenvalue weighted by molar-refractivity contribution is -0.0341. The summed E-state index contributed by atoms with van der Waals surface area (Å²) in [6.45, 7) is 2.11. The molecule has 2 bridgehead atoms. The van der Waals surface area contributed by atoms with E-state index in [-0.39, 0.29) is 5.54 Å². The maximum Gasteiger partial charge on any atom is 0.191 e. The highest BCUT2D eigenvalue weighted by molar-refractivity contribution is 5.80. The van der Waals surface area contributed by atoms with Gasteiger partial charge in [0.25, 0.3) is 0 Å². The highest BCUT2D eigenvalue weighted by atomic mass is 16.3. The second-order valence-corrected chi connectivity index (χ2v) is 5.86. The summed E-state index contributed by atoms with van der Waals surface area (Å²) < 4.78 is 0. The number of hydrogen-bond acceptors (Lipinski definition) is 4. The molecular weight excluding hydrogens is 226 g/mol. The van der Waals surface area contributed by atoms with Gasteiger partial charge in [-0.25, -0.2) is 4.99 Å². The number of hydrogen-bond donors (Lipinski definition) is 3. The fourth-order valence-electron chi connectivity index (χ4n) is 3.48. The van der Waals surface area contributed by atoms with Crippen LogP contribution in [0.5, 0.6) is 0 Å². The monoisotopic (exact) mass is 245 g/mol. The van der Waals surface area contributed by atoms with E-state index in [0.717, 1.165) is 6.42 Å². The summed E-state index contributed by atoms with van der Waals surface area (Å²) in [5, 5.41) is 13.8. The molecule has 4 N–H and O–H groups in total. The van der Waals surface area contributed by atoms with Crippen LogP contribution in [0.15, 0.2) is 35.3 Å². The Morgan fingerprint density at radius 3 is 2.72 bits per heavy atom. The van der Waals surface area contributed by atoms with Crippen LogP contribution in [0.2, 0.25) is 0 Å². The summed E-state index contributed by atoms with van der Waals surface area (Å²) in [5.74, 6) is 0.678. The van der Waals surface area contributed by atoms with Crippen molar-refractivity contribution < 1.29 is 5.11 Å². The Morgan fingerprint density at radius 1 is 1.33 bits per heavy atom. The third-order valence-corrected chi connectivity index (χ3v) is 3.97. The minimum Gasteiger partial charge on any atom is -0.370 e. The molecule has 1 fully saturated rings. The van der Waals surface area contributed by atoms with Crippen molar-refractivity contribution in [1.82, 2.24) is 5.32 Å². The van der Waals surface area contributed by atoms with E-state index in [1.54, 1.807) is 0 Å². The number of nitrogens with one attached hydrogen (secondary N) is 1. The average molecular weight is 245 g/mol. The van der Waals surface area contributed by atoms with Crippen molar-refractivity contribution in [3.05, 3.63) is 35.9 Å². The van der Waals surface area contributed by atoms with E-state index < -0.39 is 5.72 Å². The molecule has 1 heterocycles. The van der Waals surface area contributed by atoms with Gasteiger partial charge in [0.2, 0.25) is 0 Å². The van der Waals surface area contributed by atoms with Gasteiger partial charge in [0, 0.05) is 18.4 Å². The Balaban J connectivity index is 1.95. The molecule has 1 saturated carbocycles. The second kappa shape index (κ2) is 3.72. The van der Waals surface area contributed by atoms with Gasteiger partial charge >= 0.3 is 0 Å². The van der Waals surface area contributed by atoms with E-state index in [2.05, 4.69) is 29.4 Å². The summed E-state index contributed by atoms with van der Waals surface area (Å²) in [4.78, 5) is 4.19. The quantitative estimate of drug-likeness (QED) is 0.699. The van der Waals surface area contributed by atoms with Gasteiger partial charge in [-0.3, -0.25) is 0 Å². The number of aliphatic hydroxyl groups is 1. The second-order valence-electron chi connectivity index (χ2n) is 5.86. The minimum absolute atomic E-state index is 0.167. The number of benzene rings is 1. The van der Waals surface area contributed by atoms with Gasteiger partial charge in [-0.2, -0.15) is 0 Å². The molecule has 0 aromatic heterocycles. The molecule has 0 amide bonds. The van der Waals surface area contributed by atoms with Gasteiger partial charge in [-0.1, -0.05) is 30.3 Å². The van der Waals surface area contributed by atoms with E-state index in [9.17, 15) is 5.11 Å². The van der Waals surface area contributed by atoms with E-state index in [1.807, 2.05) is 18.2 Å². The number of rotatable bonds is 1. The predicted octanol–water partition coefficient (Wildman–Crippen LogP) is 1.32. The predicted molar refractivity (Wildman–Crippen MR) is 71.1 cm³/mol. The zero-order valence-electron chi connectivity index (χ0n) is 10.6. The molecule has 96 valence electrons. The lowest BCUT2D eigenvalue weighted by Gasteiger charge is -2.49. The molecule has 0 saturated heterocycles. The molecule has 4 nitrogen and oxygen atoms in total. The molecule has 4 heteroatoms. The van der Waals surface area contributed by atoms with Crippen molar-refractivity contribution >= 4 is 5.96 Å². The first-order valence-electron chi connectivity index (χ1n) is 6.39. The molecule has 3 rings (SSSR count). The van der Waals surface area contributed by atoms with E-state index in [4.69, 9.17) is 5.73 Å². The van der Waals surface area contributed by atoms with Crippen molar-refractivity contribution in [1.29, 1.82) is 0 Å². The molecule has 1 aliphatic carbocycles. The molecule has 3 atom stereocenters. The fraction of sp³-hybridized carbons (Fsp3) is 0.500. The summed E-state index contributed by atoms with van der Waals surface area (Å²) in [7, 11) is 0. The molecule has 1 aliphatic heterocycles. The minimum atomic E-state index is -1.01. The van der Waals surface area contributed by atoms with Crippen LogP contribution in [0.3, 0.4) is 0 Å². The van der Waals surface area contributed by atoms with Crippen LogP contribution in [0, 0.1) is 0 Å². The first-order chi connectivity index (χ1) is 8.48. The summed E-state index contributed by atoms with van der Waals surface area (Å²) >= 11 is 0. The molecule has 1 aromatic rings. The van der Waals surface area contributed by atoms with Crippen molar-refractivity contribution in [2.45, 2.75) is 43.4 Å². The average Bonchev–Trinajstić information content (AvgIpc) is 2.26. The van der Waals surface area contributed by atoms with Crippen LogP contribution < -0.4 is 11.1 Å². The van der Waals surface area contributed by atoms with Gasteiger partial charge in [0.15, 0.2) is 11.7 Å². The van der Waals surface area contributed by atoms with Gasteiger partial charge in [-0.15, -0.1) is 0 Å². The SMILES string of the molecule is CC12CC(c3ccccc3)CC(O)(C1)N=C(N)N2. The number of nitrogens with two attached hydrogens (primary N) is 1. The normalized spacial score (nSPS) is 38.8.